The van der Waals surface area contributed by atoms with E-state index in [2.05, 4.69) is 31.8 Å². The Bertz CT molecular complexity index is 271. The molecule has 0 aromatic carbocycles. The van der Waals surface area contributed by atoms with Crippen molar-refractivity contribution in [1.29, 1.82) is 10.5 Å². The van der Waals surface area contributed by atoms with Gasteiger partial charge in [0.25, 0.3) is 0 Å². The molecule has 1 rings (SSSR count). The molecular weight excluding hydrogens is 196 g/mol. The highest BCUT2D eigenvalue weighted by molar-refractivity contribution is 8.01. The standard InChI is InChI=1S/C9H14N2SSi/c1-13(2,3)9-8(5-11)7(4-10)6-12-9/h7-9H,6H2,1-3H3. The van der Waals surface area contributed by atoms with Crippen LogP contribution in [0.25, 0.3) is 0 Å². The Kier molecular flexibility index (Phi) is 3.05. The lowest BCUT2D eigenvalue weighted by Gasteiger charge is -2.26. The molecule has 0 bridgehead atoms. The summed E-state index contributed by atoms with van der Waals surface area (Å²) in [6.07, 6.45) is 0. The topological polar surface area (TPSA) is 47.6 Å². The lowest BCUT2D eigenvalue weighted by atomic mass is 9.99. The molecule has 0 aliphatic carbocycles. The monoisotopic (exact) mass is 210 g/mol. The summed E-state index contributed by atoms with van der Waals surface area (Å²) in [6, 6.07) is 4.56. The van der Waals surface area contributed by atoms with Crippen LogP contribution in [0.3, 0.4) is 0 Å². The predicted octanol–water partition coefficient (Wildman–Crippen LogP) is 2.26. The van der Waals surface area contributed by atoms with E-state index in [4.69, 9.17) is 10.5 Å². The first-order valence-corrected chi connectivity index (χ1v) is 9.04. The van der Waals surface area contributed by atoms with Gasteiger partial charge in [-0.1, -0.05) is 19.6 Å². The van der Waals surface area contributed by atoms with Gasteiger partial charge in [0.2, 0.25) is 0 Å². The molecule has 1 heterocycles. The van der Waals surface area contributed by atoms with E-state index in [-0.39, 0.29) is 11.8 Å². The van der Waals surface area contributed by atoms with Gasteiger partial charge in [-0.2, -0.15) is 22.3 Å². The number of nitrogens with zero attached hydrogens (tertiary/aromatic N) is 2. The first-order chi connectivity index (χ1) is 6.00. The Morgan fingerprint density at radius 3 is 2.23 bits per heavy atom. The quantitative estimate of drug-likeness (QED) is 0.624. The van der Waals surface area contributed by atoms with E-state index in [1.54, 1.807) is 0 Å². The minimum absolute atomic E-state index is 0.0262. The van der Waals surface area contributed by atoms with Gasteiger partial charge in [-0.25, -0.2) is 0 Å². The molecule has 70 valence electrons. The minimum atomic E-state index is -1.28. The highest BCUT2D eigenvalue weighted by atomic mass is 32.2. The molecule has 3 unspecified atom stereocenters. The van der Waals surface area contributed by atoms with Crippen molar-refractivity contribution in [1.82, 2.24) is 0 Å². The molecule has 3 atom stereocenters. The van der Waals surface area contributed by atoms with Crippen LogP contribution in [-0.4, -0.2) is 18.7 Å². The van der Waals surface area contributed by atoms with Gasteiger partial charge < -0.3 is 0 Å². The molecule has 0 radical (unpaired) electrons. The molecule has 0 aromatic rings. The molecule has 4 heteroatoms. The summed E-state index contributed by atoms with van der Waals surface area (Å²) in [5.74, 6) is 0.789. The number of thioether (sulfide) groups is 1. The van der Waals surface area contributed by atoms with Crippen molar-refractivity contribution in [2.75, 3.05) is 5.75 Å². The van der Waals surface area contributed by atoms with E-state index < -0.39 is 8.07 Å². The van der Waals surface area contributed by atoms with E-state index in [9.17, 15) is 0 Å². The van der Waals surface area contributed by atoms with Crippen LogP contribution < -0.4 is 0 Å². The van der Waals surface area contributed by atoms with Crippen molar-refractivity contribution >= 4 is 19.8 Å². The Morgan fingerprint density at radius 2 is 1.85 bits per heavy atom. The fourth-order valence-electron chi connectivity index (χ4n) is 1.69. The summed E-state index contributed by atoms with van der Waals surface area (Å²) >= 11 is 1.83. The molecule has 1 aliphatic rings. The molecule has 2 nitrogen and oxygen atoms in total. The highest BCUT2D eigenvalue weighted by Crippen LogP contribution is 2.41. The van der Waals surface area contributed by atoms with Crippen LogP contribution >= 0.6 is 11.8 Å². The predicted molar refractivity (Wildman–Crippen MR) is 57.8 cm³/mol. The zero-order chi connectivity index (χ0) is 10.1. The molecule has 0 N–H and O–H groups in total. The average molecular weight is 210 g/mol. The molecular formula is C9H14N2SSi. The SMILES string of the molecule is C[Si](C)(C)C1SCC(C#N)C1C#N. The Labute approximate surface area is 84.9 Å². The van der Waals surface area contributed by atoms with E-state index in [1.165, 1.54) is 0 Å². The van der Waals surface area contributed by atoms with Crippen LogP contribution in [0.2, 0.25) is 19.6 Å². The smallest absolute Gasteiger partial charge is 0.0723 e. The average Bonchev–Trinajstić information content (AvgIpc) is 2.45. The lowest BCUT2D eigenvalue weighted by molar-refractivity contribution is 0.599. The molecule has 0 spiro atoms. The van der Waals surface area contributed by atoms with E-state index in [0.29, 0.717) is 4.87 Å². The third kappa shape index (κ3) is 2.07. The van der Waals surface area contributed by atoms with Gasteiger partial charge in [0.1, 0.15) is 0 Å². The van der Waals surface area contributed by atoms with Crippen molar-refractivity contribution in [3.8, 4) is 12.1 Å². The van der Waals surface area contributed by atoms with E-state index in [0.717, 1.165) is 5.75 Å². The number of nitriles is 2. The second-order valence-electron chi connectivity index (χ2n) is 4.51. The summed E-state index contributed by atoms with van der Waals surface area (Å²) in [5.41, 5.74) is 0. The summed E-state index contributed by atoms with van der Waals surface area (Å²) in [4.78, 5) is 0.446. The second-order valence-corrected chi connectivity index (χ2v) is 11.5. The van der Waals surface area contributed by atoms with Crippen LogP contribution in [0.4, 0.5) is 0 Å². The van der Waals surface area contributed by atoms with Gasteiger partial charge >= 0.3 is 0 Å². The first-order valence-electron chi connectivity index (χ1n) is 4.41. The van der Waals surface area contributed by atoms with Gasteiger partial charge in [-0.3, -0.25) is 0 Å². The van der Waals surface area contributed by atoms with Gasteiger partial charge in [0.15, 0.2) is 0 Å². The third-order valence-corrected chi connectivity index (χ3v) is 8.27. The van der Waals surface area contributed by atoms with Crippen LogP contribution in [-0.2, 0) is 0 Å². The Morgan fingerprint density at radius 1 is 1.23 bits per heavy atom. The fraction of sp³-hybridized carbons (Fsp3) is 0.778. The molecule has 1 saturated heterocycles. The third-order valence-electron chi connectivity index (χ3n) is 2.38. The van der Waals surface area contributed by atoms with Crippen molar-refractivity contribution in [2.45, 2.75) is 24.5 Å². The van der Waals surface area contributed by atoms with E-state index in [1.807, 2.05) is 11.8 Å². The van der Waals surface area contributed by atoms with Crippen LogP contribution in [0.5, 0.6) is 0 Å². The normalized spacial score (nSPS) is 33.8. The number of rotatable bonds is 1. The van der Waals surface area contributed by atoms with Gasteiger partial charge in [-0.15, -0.1) is 0 Å². The molecule has 1 aliphatic heterocycles. The minimum Gasteiger partial charge on any atom is -0.198 e. The van der Waals surface area contributed by atoms with Gasteiger partial charge in [-0.05, 0) is 0 Å². The van der Waals surface area contributed by atoms with Crippen molar-refractivity contribution < 1.29 is 0 Å². The summed E-state index contributed by atoms with van der Waals surface area (Å²) in [5, 5.41) is 17.9. The zero-order valence-corrected chi connectivity index (χ0v) is 10.1. The summed E-state index contributed by atoms with van der Waals surface area (Å²) in [7, 11) is -1.28. The maximum Gasteiger partial charge on any atom is 0.0723 e. The van der Waals surface area contributed by atoms with Crippen LogP contribution in [0.15, 0.2) is 0 Å². The van der Waals surface area contributed by atoms with Crippen molar-refractivity contribution in [3.05, 3.63) is 0 Å². The van der Waals surface area contributed by atoms with Crippen LogP contribution in [0, 0.1) is 34.5 Å². The van der Waals surface area contributed by atoms with Gasteiger partial charge in [0.05, 0.1) is 32.0 Å². The Balaban J connectivity index is 2.83. The molecule has 0 amide bonds. The first kappa shape index (κ1) is 10.6. The van der Waals surface area contributed by atoms with E-state index >= 15 is 0 Å². The highest BCUT2D eigenvalue weighted by Gasteiger charge is 2.43. The second kappa shape index (κ2) is 3.73. The number of hydrogen-bond acceptors (Lipinski definition) is 3. The van der Waals surface area contributed by atoms with Crippen molar-refractivity contribution in [2.24, 2.45) is 11.8 Å². The van der Waals surface area contributed by atoms with Crippen LogP contribution in [0.1, 0.15) is 0 Å². The Hall–Kier alpha value is -0.453. The largest absolute Gasteiger partial charge is 0.198 e. The lowest BCUT2D eigenvalue weighted by Crippen LogP contribution is -2.39. The fourth-order valence-corrected chi connectivity index (χ4v) is 6.52. The van der Waals surface area contributed by atoms with Crippen molar-refractivity contribution in [3.63, 3.8) is 0 Å². The van der Waals surface area contributed by atoms with Gasteiger partial charge in [0, 0.05) is 10.6 Å². The zero-order valence-electron chi connectivity index (χ0n) is 8.24. The molecule has 1 fully saturated rings. The summed E-state index contributed by atoms with van der Waals surface area (Å²) in [6.45, 7) is 6.82. The number of hydrogen-bond donors (Lipinski definition) is 0. The summed E-state index contributed by atoms with van der Waals surface area (Å²) < 4.78 is 0. The molecule has 0 aromatic heterocycles. The maximum absolute atomic E-state index is 9.01. The molecule has 0 saturated carbocycles. The molecule has 13 heavy (non-hydrogen) atoms. The maximum atomic E-state index is 9.01.